The van der Waals surface area contributed by atoms with Crippen molar-refractivity contribution in [1.82, 2.24) is 4.98 Å². The average Bonchev–Trinajstić information content (AvgIpc) is 3.33. The van der Waals surface area contributed by atoms with Crippen molar-refractivity contribution in [2.45, 2.75) is 6.42 Å². The minimum atomic E-state index is 0.0162. The fourth-order valence-electron chi connectivity index (χ4n) is 3.63. The minimum absolute atomic E-state index is 0.0162. The van der Waals surface area contributed by atoms with Crippen LogP contribution in [0.3, 0.4) is 0 Å². The van der Waals surface area contributed by atoms with Gasteiger partial charge in [0.2, 0.25) is 0 Å². The van der Waals surface area contributed by atoms with Crippen molar-refractivity contribution >= 4 is 45.4 Å². The van der Waals surface area contributed by atoms with Gasteiger partial charge >= 0.3 is 0 Å². The number of nitrogens with zero attached hydrogens (tertiary/aromatic N) is 2. The van der Waals surface area contributed by atoms with Crippen LogP contribution in [0.1, 0.15) is 15.9 Å². The summed E-state index contributed by atoms with van der Waals surface area (Å²) in [5, 5.41) is 0.873. The van der Waals surface area contributed by atoms with Gasteiger partial charge < -0.3 is 4.90 Å². The van der Waals surface area contributed by atoms with Crippen LogP contribution in [-0.4, -0.2) is 17.4 Å². The second kappa shape index (κ2) is 6.48. The highest BCUT2D eigenvalue weighted by molar-refractivity contribution is 7.19. The number of pyridine rings is 1. The first kappa shape index (κ1) is 16.5. The van der Waals surface area contributed by atoms with Gasteiger partial charge in [0.1, 0.15) is 0 Å². The van der Waals surface area contributed by atoms with E-state index >= 15 is 0 Å². The smallest absolute Gasteiger partial charge is 0.259 e. The lowest BCUT2D eigenvalue weighted by molar-refractivity contribution is 0.0991. The third kappa shape index (κ3) is 2.82. The maximum Gasteiger partial charge on any atom is 0.259 e. The Morgan fingerprint density at radius 3 is 2.70 bits per heavy atom. The lowest BCUT2D eigenvalue weighted by atomic mass is 10.1. The second-order valence-corrected chi connectivity index (χ2v) is 8.23. The quantitative estimate of drug-likeness (QED) is 0.432. The van der Waals surface area contributed by atoms with E-state index in [4.69, 9.17) is 16.6 Å². The van der Waals surface area contributed by atoms with Crippen molar-refractivity contribution in [3.63, 3.8) is 0 Å². The molecule has 27 heavy (non-hydrogen) atoms. The molecule has 2 aromatic carbocycles. The van der Waals surface area contributed by atoms with Gasteiger partial charge in [0.25, 0.3) is 5.91 Å². The molecule has 5 heteroatoms. The molecule has 1 aliphatic heterocycles. The number of para-hydroxylation sites is 2. The molecule has 0 saturated carbocycles. The number of thiophene rings is 1. The molecule has 1 amide bonds. The summed E-state index contributed by atoms with van der Waals surface area (Å²) < 4.78 is 0.710. The number of hydrogen-bond acceptors (Lipinski definition) is 3. The Labute approximate surface area is 165 Å². The highest BCUT2D eigenvalue weighted by Crippen LogP contribution is 2.34. The Kier molecular flexibility index (Phi) is 3.96. The zero-order valence-electron chi connectivity index (χ0n) is 14.4. The van der Waals surface area contributed by atoms with Gasteiger partial charge in [0, 0.05) is 17.6 Å². The summed E-state index contributed by atoms with van der Waals surface area (Å²) >= 11 is 7.57. The van der Waals surface area contributed by atoms with Gasteiger partial charge in [-0.15, -0.1) is 11.3 Å². The third-order valence-corrected chi connectivity index (χ3v) is 6.16. The van der Waals surface area contributed by atoms with Crippen molar-refractivity contribution in [1.29, 1.82) is 0 Å². The zero-order valence-corrected chi connectivity index (χ0v) is 15.9. The molecule has 5 rings (SSSR count). The van der Waals surface area contributed by atoms with Crippen molar-refractivity contribution in [2.75, 3.05) is 11.4 Å². The van der Waals surface area contributed by atoms with E-state index in [0.29, 0.717) is 16.4 Å². The van der Waals surface area contributed by atoms with Crippen LogP contribution in [0.4, 0.5) is 5.69 Å². The Hall–Kier alpha value is -2.69. The normalized spacial score (nSPS) is 13.1. The largest absolute Gasteiger partial charge is 0.308 e. The Morgan fingerprint density at radius 1 is 1.04 bits per heavy atom. The van der Waals surface area contributed by atoms with E-state index in [2.05, 4.69) is 6.07 Å². The summed E-state index contributed by atoms with van der Waals surface area (Å²) in [7, 11) is 0. The van der Waals surface area contributed by atoms with Crippen molar-refractivity contribution in [3.8, 4) is 10.6 Å². The number of fused-ring (bicyclic) bond motifs is 2. The second-order valence-electron chi connectivity index (χ2n) is 6.51. The summed E-state index contributed by atoms with van der Waals surface area (Å²) in [5.41, 5.74) is 4.49. The molecule has 0 N–H and O–H groups in total. The van der Waals surface area contributed by atoms with E-state index < -0.39 is 0 Å². The lowest BCUT2D eigenvalue weighted by Crippen LogP contribution is -2.29. The Balaban J connectivity index is 1.67. The van der Waals surface area contributed by atoms with Gasteiger partial charge in [0.05, 0.1) is 26.0 Å². The van der Waals surface area contributed by atoms with Gasteiger partial charge in [-0.2, -0.15) is 0 Å². The van der Waals surface area contributed by atoms with Gasteiger partial charge in [-0.05, 0) is 42.3 Å². The number of carbonyl (C=O) groups excluding carboxylic acids is 1. The SMILES string of the molecule is O=C(c1cc(-c2ccc(Cl)s2)nc2ccccc12)N1CCc2ccccc21. The monoisotopic (exact) mass is 390 g/mol. The molecule has 0 spiro atoms. The molecule has 0 unspecified atom stereocenters. The van der Waals surface area contributed by atoms with Crippen molar-refractivity contribution in [2.24, 2.45) is 0 Å². The van der Waals surface area contributed by atoms with Gasteiger partial charge in [-0.3, -0.25) is 4.79 Å². The fourth-order valence-corrected chi connectivity index (χ4v) is 4.63. The van der Waals surface area contributed by atoms with Gasteiger partial charge in [0.15, 0.2) is 0 Å². The summed E-state index contributed by atoms with van der Waals surface area (Å²) in [6.07, 6.45) is 0.887. The maximum absolute atomic E-state index is 13.5. The van der Waals surface area contributed by atoms with E-state index in [1.807, 2.05) is 65.6 Å². The number of rotatable bonds is 2. The molecule has 0 bridgehead atoms. The fraction of sp³-hybridized carbons (Fsp3) is 0.0909. The first-order valence-electron chi connectivity index (χ1n) is 8.76. The maximum atomic E-state index is 13.5. The topological polar surface area (TPSA) is 33.2 Å². The van der Waals surface area contributed by atoms with E-state index in [9.17, 15) is 4.79 Å². The van der Waals surface area contributed by atoms with E-state index in [-0.39, 0.29) is 5.91 Å². The average molecular weight is 391 g/mol. The molecule has 0 saturated heterocycles. The number of benzene rings is 2. The molecule has 0 aliphatic carbocycles. The Morgan fingerprint density at radius 2 is 1.85 bits per heavy atom. The number of hydrogen-bond donors (Lipinski definition) is 0. The molecule has 3 nitrogen and oxygen atoms in total. The van der Waals surface area contributed by atoms with Crippen LogP contribution in [0.5, 0.6) is 0 Å². The third-order valence-electron chi connectivity index (χ3n) is 4.90. The predicted octanol–water partition coefficient (Wildman–Crippen LogP) is 5.82. The first-order valence-corrected chi connectivity index (χ1v) is 9.95. The number of amides is 1. The van der Waals surface area contributed by atoms with Crippen LogP contribution < -0.4 is 4.90 Å². The molecule has 3 heterocycles. The van der Waals surface area contributed by atoms with Crippen LogP contribution in [0, 0.1) is 0 Å². The molecule has 0 fully saturated rings. The van der Waals surface area contributed by atoms with Crippen LogP contribution >= 0.6 is 22.9 Å². The van der Waals surface area contributed by atoms with Crippen LogP contribution in [-0.2, 0) is 6.42 Å². The summed E-state index contributed by atoms with van der Waals surface area (Å²) in [6.45, 7) is 0.703. The van der Waals surface area contributed by atoms with E-state index in [0.717, 1.165) is 33.6 Å². The van der Waals surface area contributed by atoms with Gasteiger partial charge in [-0.1, -0.05) is 48.0 Å². The number of halogens is 1. The zero-order chi connectivity index (χ0) is 18.4. The highest BCUT2D eigenvalue weighted by atomic mass is 35.5. The molecule has 4 aromatic rings. The number of carbonyl (C=O) groups is 1. The molecule has 0 radical (unpaired) electrons. The molecule has 0 atom stereocenters. The lowest BCUT2D eigenvalue weighted by Gasteiger charge is -2.19. The van der Waals surface area contributed by atoms with Crippen molar-refractivity contribution in [3.05, 3.63) is 82.2 Å². The van der Waals surface area contributed by atoms with Crippen LogP contribution in [0.2, 0.25) is 4.34 Å². The predicted molar refractivity (Wildman–Crippen MR) is 112 cm³/mol. The molecular formula is C22H15ClN2OS. The summed E-state index contributed by atoms with van der Waals surface area (Å²) in [6, 6.07) is 21.6. The molecule has 2 aromatic heterocycles. The van der Waals surface area contributed by atoms with Crippen LogP contribution in [0.25, 0.3) is 21.5 Å². The highest BCUT2D eigenvalue weighted by Gasteiger charge is 2.27. The van der Waals surface area contributed by atoms with E-state index in [1.54, 1.807) is 0 Å². The van der Waals surface area contributed by atoms with Gasteiger partial charge in [-0.25, -0.2) is 4.98 Å². The number of anilines is 1. The van der Waals surface area contributed by atoms with Crippen LogP contribution in [0.15, 0.2) is 66.7 Å². The summed E-state index contributed by atoms with van der Waals surface area (Å²) in [4.78, 5) is 21.1. The van der Waals surface area contributed by atoms with Crippen molar-refractivity contribution < 1.29 is 4.79 Å². The number of aromatic nitrogens is 1. The first-order chi connectivity index (χ1) is 13.2. The molecule has 132 valence electrons. The minimum Gasteiger partial charge on any atom is -0.308 e. The van der Waals surface area contributed by atoms with E-state index in [1.165, 1.54) is 16.9 Å². The molecule has 1 aliphatic rings. The standard InChI is InChI=1S/C22H15ClN2OS/c23-21-10-9-20(27-21)18-13-16(15-6-2-3-7-17(15)24-18)22(26)25-12-11-14-5-1-4-8-19(14)25/h1-10,13H,11-12H2. The summed E-state index contributed by atoms with van der Waals surface area (Å²) in [5.74, 6) is 0.0162. The Bertz CT molecular complexity index is 1180. The molecular weight excluding hydrogens is 376 g/mol.